The van der Waals surface area contributed by atoms with Crippen molar-refractivity contribution < 1.29 is 4.79 Å². The first-order valence-electron chi connectivity index (χ1n) is 6.97. The third-order valence-corrected chi connectivity index (χ3v) is 4.17. The van der Waals surface area contributed by atoms with Gasteiger partial charge in [0.25, 0.3) is 5.91 Å². The van der Waals surface area contributed by atoms with Gasteiger partial charge in [0.05, 0.1) is 17.3 Å². The van der Waals surface area contributed by atoms with Crippen LogP contribution in [0.3, 0.4) is 0 Å². The largest absolute Gasteiger partial charge is 0.345 e. The SMILES string of the molecule is Cc1nn(C)c(C)c1C(=O)NC1CCc2ccccc21. The van der Waals surface area contributed by atoms with Crippen LogP contribution in [0.4, 0.5) is 0 Å². The molecule has 0 fully saturated rings. The summed E-state index contributed by atoms with van der Waals surface area (Å²) in [7, 11) is 1.87. The topological polar surface area (TPSA) is 46.9 Å². The number of carbonyl (C=O) groups is 1. The number of rotatable bonds is 2. The highest BCUT2D eigenvalue weighted by Crippen LogP contribution is 2.31. The number of amides is 1. The van der Waals surface area contributed by atoms with Crippen molar-refractivity contribution in [3.8, 4) is 0 Å². The molecule has 3 rings (SSSR count). The number of hydrogen-bond acceptors (Lipinski definition) is 2. The molecule has 4 nitrogen and oxygen atoms in total. The highest BCUT2D eigenvalue weighted by atomic mass is 16.1. The van der Waals surface area contributed by atoms with Gasteiger partial charge in [-0.1, -0.05) is 24.3 Å². The Kier molecular flexibility index (Phi) is 3.08. The molecule has 1 aromatic heterocycles. The second-order valence-electron chi connectivity index (χ2n) is 5.43. The molecule has 0 radical (unpaired) electrons. The van der Waals surface area contributed by atoms with Crippen molar-refractivity contribution in [2.75, 3.05) is 0 Å². The molecule has 1 aromatic carbocycles. The van der Waals surface area contributed by atoms with E-state index in [1.807, 2.05) is 27.0 Å². The van der Waals surface area contributed by atoms with Crippen LogP contribution in [-0.4, -0.2) is 15.7 Å². The van der Waals surface area contributed by atoms with Gasteiger partial charge in [-0.15, -0.1) is 0 Å². The summed E-state index contributed by atoms with van der Waals surface area (Å²) in [6.07, 6.45) is 2.01. The summed E-state index contributed by atoms with van der Waals surface area (Å²) in [5, 5.41) is 7.46. The van der Waals surface area contributed by atoms with E-state index < -0.39 is 0 Å². The number of fused-ring (bicyclic) bond motifs is 1. The van der Waals surface area contributed by atoms with Gasteiger partial charge < -0.3 is 5.32 Å². The minimum Gasteiger partial charge on any atom is -0.345 e. The van der Waals surface area contributed by atoms with Crippen LogP contribution < -0.4 is 5.32 Å². The second-order valence-corrected chi connectivity index (χ2v) is 5.43. The fraction of sp³-hybridized carbons (Fsp3) is 0.375. The molecule has 20 heavy (non-hydrogen) atoms. The molecule has 4 heteroatoms. The van der Waals surface area contributed by atoms with Crippen LogP contribution in [0.25, 0.3) is 0 Å². The van der Waals surface area contributed by atoms with Gasteiger partial charge in [-0.3, -0.25) is 9.48 Å². The average molecular weight is 269 g/mol. The van der Waals surface area contributed by atoms with Crippen LogP contribution >= 0.6 is 0 Å². The van der Waals surface area contributed by atoms with Gasteiger partial charge in [0, 0.05) is 12.7 Å². The fourth-order valence-corrected chi connectivity index (χ4v) is 3.04. The summed E-state index contributed by atoms with van der Waals surface area (Å²) in [5.74, 6) is -0.0187. The average Bonchev–Trinajstić information content (AvgIpc) is 2.92. The minimum atomic E-state index is -0.0187. The van der Waals surface area contributed by atoms with Gasteiger partial charge in [-0.25, -0.2) is 0 Å². The Morgan fingerprint density at radius 3 is 2.80 bits per heavy atom. The zero-order valence-corrected chi connectivity index (χ0v) is 12.1. The molecule has 1 atom stereocenters. The van der Waals surface area contributed by atoms with E-state index >= 15 is 0 Å². The maximum absolute atomic E-state index is 12.5. The van der Waals surface area contributed by atoms with Crippen molar-refractivity contribution in [2.45, 2.75) is 32.7 Å². The lowest BCUT2D eigenvalue weighted by Gasteiger charge is -2.14. The molecule has 0 saturated carbocycles. The molecule has 1 N–H and O–H groups in total. The van der Waals surface area contributed by atoms with Crippen LogP contribution in [0.15, 0.2) is 24.3 Å². The first-order valence-corrected chi connectivity index (χ1v) is 6.97. The van der Waals surface area contributed by atoms with Crippen molar-refractivity contribution in [3.05, 3.63) is 52.3 Å². The van der Waals surface area contributed by atoms with Crippen LogP contribution in [0.5, 0.6) is 0 Å². The quantitative estimate of drug-likeness (QED) is 0.910. The van der Waals surface area contributed by atoms with E-state index in [1.165, 1.54) is 11.1 Å². The molecular formula is C16H19N3O. The van der Waals surface area contributed by atoms with Crippen LogP contribution in [0.2, 0.25) is 0 Å². The second kappa shape index (κ2) is 4.78. The van der Waals surface area contributed by atoms with E-state index in [1.54, 1.807) is 4.68 Å². The fourth-order valence-electron chi connectivity index (χ4n) is 3.04. The Morgan fingerprint density at radius 2 is 2.10 bits per heavy atom. The smallest absolute Gasteiger partial charge is 0.255 e. The molecule has 1 aliphatic rings. The maximum atomic E-state index is 12.5. The zero-order chi connectivity index (χ0) is 14.3. The Bertz CT molecular complexity index is 672. The number of nitrogens with zero attached hydrogens (tertiary/aromatic N) is 2. The Balaban J connectivity index is 1.84. The van der Waals surface area contributed by atoms with Crippen molar-refractivity contribution in [3.63, 3.8) is 0 Å². The van der Waals surface area contributed by atoms with Crippen LogP contribution in [0, 0.1) is 13.8 Å². The molecule has 0 spiro atoms. The monoisotopic (exact) mass is 269 g/mol. The van der Waals surface area contributed by atoms with Gasteiger partial charge in [0.2, 0.25) is 0 Å². The Hall–Kier alpha value is -2.10. The standard InChI is InChI=1S/C16H19N3O/c1-10-15(11(2)19(3)18-10)16(20)17-14-9-8-12-6-4-5-7-13(12)14/h4-7,14H,8-9H2,1-3H3,(H,17,20). The normalized spacial score (nSPS) is 17.1. The molecule has 0 aliphatic heterocycles. The maximum Gasteiger partial charge on any atom is 0.255 e. The van der Waals surface area contributed by atoms with Gasteiger partial charge in [0.1, 0.15) is 0 Å². The first kappa shape index (κ1) is 12.9. The van der Waals surface area contributed by atoms with Crippen LogP contribution in [-0.2, 0) is 13.5 Å². The number of benzene rings is 1. The van der Waals surface area contributed by atoms with E-state index in [4.69, 9.17) is 0 Å². The van der Waals surface area contributed by atoms with Crippen molar-refractivity contribution in [1.29, 1.82) is 0 Å². The lowest BCUT2D eigenvalue weighted by atomic mass is 10.1. The Morgan fingerprint density at radius 1 is 1.35 bits per heavy atom. The third kappa shape index (κ3) is 2.01. The van der Waals surface area contributed by atoms with E-state index in [0.717, 1.165) is 24.2 Å². The predicted molar refractivity (Wildman–Crippen MR) is 77.7 cm³/mol. The lowest BCUT2D eigenvalue weighted by Crippen LogP contribution is -2.28. The van der Waals surface area contributed by atoms with Crippen molar-refractivity contribution in [2.24, 2.45) is 7.05 Å². The Labute approximate surface area is 118 Å². The van der Waals surface area contributed by atoms with Gasteiger partial charge in [-0.2, -0.15) is 5.10 Å². The summed E-state index contributed by atoms with van der Waals surface area (Å²) in [5.41, 5.74) is 4.99. The molecule has 1 unspecified atom stereocenters. The van der Waals surface area contributed by atoms with Crippen molar-refractivity contribution in [1.82, 2.24) is 15.1 Å². The highest BCUT2D eigenvalue weighted by molar-refractivity contribution is 5.96. The summed E-state index contributed by atoms with van der Waals surface area (Å²) in [6, 6.07) is 8.46. The summed E-state index contributed by atoms with van der Waals surface area (Å²) >= 11 is 0. The van der Waals surface area contributed by atoms with E-state index in [2.05, 4.69) is 28.6 Å². The number of hydrogen-bond donors (Lipinski definition) is 1. The summed E-state index contributed by atoms with van der Waals surface area (Å²) in [6.45, 7) is 3.81. The molecule has 1 aliphatic carbocycles. The predicted octanol–water partition coefficient (Wildman–Crippen LogP) is 2.45. The number of aromatic nitrogens is 2. The van der Waals surface area contributed by atoms with Gasteiger partial charge >= 0.3 is 0 Å². The first-order chi connectivity index (χ1) is 9.58. The number of aryl methyl sites for hydroxylation is 3. The third-order valence-electron chi connectivity index (χ3n) is 4.17. The summed E-state index contributed by atoms with van der Waals surface area (Å²) in [4.78, 5) is 12.5. The lowest BCUT2D eigenvalue weighted by molar-refractivity contribution is 0.0935. The number of carbonyl (C=O) groups excluding carboxylic acids is 1. The molecule has 0 bridgehead atoms. The molecule has 1 amide bonds. The van der Waals surface area contributed by atoms with Gasteiger partial charge in [0.15, 0.2) is 0 Å². The van der Waals surface area contributed by atoms with E-state index in [0.29, 0.717) is 5.56 Å². The van der Waals surface area contributed by atoms with Crippen LogP contribution in [0.1, 0.15) is 45.3 Å². The highest BCUT2D eigenvalue weighted by Gasteiger charge is 2.26. The van der Waals surface area contributed by atoms with Crippen molar-refractivity contribution >= 4 is 5.91 Å². The summed E-state index contributed by atoms with van der Waals surface area (Å²) < 4.78 is 1.76. The van der Waals surface area contributed by atoms with E-state index in [-0.39, 0.29) is 11.9 Å². The van der Waals surface area contributed by atoms with E-state index in [9.17, 15) is 4.79 Å². The molecule has 2 aromatic rings. The number of nitrogens with one attached hydrogen (secondary N) is 1. The van der Waals surface area contributed by atoms with Gasteiger partial charge in [-0.05, 0) is 37.8 Å². The molecule has 104 valence electrons. The minimum absolute atomic E-state index is 0.0187. The zero-order valence-electron chi connectivity index (χ0n) is 12.1. The molecule has 1 heterocycles. The molecule has 0 saturated heterocycles. The molecular weight excluding hydrogens is 250 g/mol.